The molecule has 4 aromatic rings. The molecule has 0 aliphatic carbocycles. The fourth-order valence-corrected chi connectivity index (χ4v) is 5.21. The molecule has 8 nitrogen and oxygen atoms in total. The number of benzene rings is 2. The molecule has 1 saturated heterocycles. The molecular weight excluding hydrogens is 475 g/mol. The van der Waals surface area contributed by atoms with Gasteiger partial charge in [0.2, 0.25) is 5.95 Å². The molecule has 2 aromatic heterocycles. The van der Waals surface area contributed by atoms with Gasteiger partial charge in [-0.15, -0.1) is 21.5 Å². The third-order valence-corrected chi connectivity index (χ3v) is 6.99. The Labute approximate surface area is 204 Å². The summed E-state index contributed by atoms with van der Waals surface area (Å²) in [5, 5.41) is 15.7. The first-order valence-corrected chi connectivity index (χ1v) is 12.6. The normalized spacial score (nSPS) is 13.8. The van der Waals surface area contributed by atoms with Crippen LogP contribution in [-0.2, 0) is 10.5 Å². The van der Waals surface area contributed by atoms with Crippen LogP contribution < -0.4 is 15.0 Å². The molecule has 0 spiro atoms. The summed E-state index contributed by atoms with van der Waals surface area (Å²) in [5.41, 5.74) is 2.55. The number of ether oxygens (including phenoxy) is 2. The van der Waals surface area contributed by atoms with E-state index in [9.17, 15) is 4.39 Å². The zero-order chi connectivity index (χ0) is 23.3. The summed E-state index contributed by atoms with van der Waals surface area (Å²) in [6, 6.07) is 14.2. The third-order valence-electron chi connectivity index (χ3n) is 5.22. The minimum atomic E-state index is -0.302. The maximum absolute atomic E-state index is 14.0. The highest BCUT2D eigenvalue weighted by molar-refractivity contribution is 7.98. The number of hydrogen-bond donors (Lipinski definition) is 1. The molecule has 5 rings (SSSR count). The van der Waals surface area contributed by atoms with Gasteiger partial charge in [0.25, 0.3) is 0 Å². The standard InChI is InChI=1S/C23H23FN6O2S2/c1-31-20-7-5-17(6-8-20)25-21-26-18(14-33-21)15-34-23-28-27-22(29-9-11-32-12-10-29)30(23)19-4-2-3-16(24)13-19/h2-8,13-14H,9-12,15H2,1H3,(H,25,26). The number of morpholine rings is 1. The number of rotatable bonds is 8. The second-order valence-electron chi connectivity index (χ2n) is 7.48. The highest BCUT2D eigenvalue weighted by Crippen LogP contribution is 2.31. The smallest absolute Gasteiger partial charge is 0.232 e. The summed E-state index contributed by atoms with van der Waals surface area (Å²) in [4.78, 5) is 6.80. The molecule has 0 radical (unpaired) electrons. The number of methoxy groups -OCH3 is 1. The van der Waals surface area contributed by atoms with Gasteiger partial charge >= 0.3 is 0 Å². The van der Waals surface area contributed by atoms with Crippen LogP contribution in [0.1, 0.15) is 5.69 Å². The highest BCUT2D eigenvalue weighted by Gasteiger charge is 2.22. The third kappa shape index (κ3) is 5.16. The van der Waals surface area contributed by atoms with Crippen LogP contribution in [0.4, 0.5) is 21.2 Å². The minimum absolute atomic E-state index is 0.302. The average molecular weight is 499 g/mol. The molecule has 0 saturated carbocycles. The zero-order valence-corrected chi connectivity index (χ0v) is 20.1. The lowest BCUT2D eigenvalue weighted by Gasteiger charge is -2.27. The molecule has 0 unspecified atom stereocenters. The topological polar surface area (TPSA) is 77.3 Å². The monoisotopic (exact) mass is 498 g/mol. The Bertz CT molecular complexity index is 1240. The Morgan fingerprint density at radius 1 is 1.15 bits per heavy atom. The summed E-state index contributed by atoms with van der Waals surface area (Å²) in [6.07, 6.45) is 0. The molecule has 1 aliphatic rings. The van der Waals surface area contributed by atoms with Gasteiger partial charge in [-0.1, -0.05) is 17.8 Å². The van der Waals surface area contributed by atoms with Gasteiger partial charge in [0.15, 0.2) is 10.3 Å². The predicted molar refractivity (Wildman–Crippen MR) is 132 cm³/mol. The fourth-order valence-electron chi connectivity index (χ4n) is 3.53. The van der Waals surface area contributed by atoms with E-state index in [0.29, 0.717) is 48.8 Å². The quantitative estimate of drug-likeness (QED) is 0.349. The Hall–Kier alpha value is -3.15. The maximum Gasteiger partial charge on any atom is 0.232 e. The van der Waals surface area contributed by atoms with E-state index in [1.54, 1.807) is 13.2 Å². The van der Waals surface area contributed by atoms with Crippen molar-refractivity contribution in [2.24, 2.45) is 0 Å². The number of anilines is 3. The van der Waals surface area contributed by atoms with E-state index in [-0.39, 0.29) is 5.82 Å². The van der Waals surface area contributed by atoms with E-state index in [4.69, 9.17) is 9.47 Å². The first-order chi connectivity index (χ1) is 16.7. The van der Waals surface area contributed by atoms with Crippen molar-refractivity contribution in [3.63, 3.8) is 0 Å². The molecule has 1 aliphatic heterocycles. The van der Waals surface area contributed by atoms with Gasteiger partial charge in [-0.25, -0.2) is 9.37 Å². The van der Waals surface area contributed by atoms with Crippen LogP contribution >= 0.6 is 23.1 Å². The van der Waals surface area contributed by atoms with Crippen molar-refractivity contribution in [2.75, 3.05) is 43.6 Å². The summed E-state index contributed by atoms with van der Waals surface area (Å²) in [7, 11) is 1.65. The van der Waals surface area contributed by atoms with E-state index < -0.39 is 0 Å². The second-order valence-corrected chi connectivity index (χ2v) is 9.28. The molecule has 3 heterocycles. The molecule has 1 fully saturated rings. The minimum Gasteiger partial charge on any atom is -0.497 e. The van der Waals surface area contributed by atoms with Gasteiger partial charge in [-0.2, -0.15) is 0 Å². The molecule has 11 heteroatoms. The average Bonchev–Trinajstić information content (AvgIpc) is 3.50. The largest absolute Gasteiger partial charge is 0.497 e. The summed E-state index contributed by atoms with van der Waals surface area (Å²) in [6.45, 7) is 2.68. The first-order valence-electron chi connectivity index (χ1n) is 10.7. The van der Waals surface area contributed by atoms with Gasteiger partial charge in [-0.05, 0) is 42.5 Å². The van der Waals surface area contributed by atoms with E-state index in [1.807, 2.05) is 40.3 Å². The van der Waals surface area contributed by atoms with Crippen molar-refractivity contribution in [3.8, 4) is 11.4 Å². The molecule has 34 heavy (non-hydrogen) atoms. The molecule has 176 valence electrons. The zero-order valence-electron chi connectivity index (χ0n) is 18.5. The molecule has 2 aromatic carbocycles. The number of hydrogen-bond acceptors (Lipinski definition) is 9. The highest BCUT2D eigenvalue weighted by atomic mass is 32.2. The Kier molecular flexibility index (Phi) is 6.93. The number of thiazole rings is 1. The predicted octanol–water partition coefficient (Wildman–Crippen LogP) is 4.74. The van der Waals surface area contributed by atoms with Crippen molar-refractivity contribution >= 4 is 39.9 Å². The van der Waals surface area contributed by atoms with Crippen LogP contribution in [0.25, 0.3) is 5.69 Å². The lowest BCUT2D eigenvalue weighted by Crippen LogP contribution is -2.37. The van der Waals surface area contributed by atoms with E-state index in [2.05, 4.69) is 25.4 Å². The number of halogens is 1. The number of nitrogens with zero attached hydrogens (tertiary/aromatic N) is 5. The number of thioether (sulfide) groups is 1. The van der Waals surface area contributed by atoms with Crippen molar-refractivity contribution in [1.82, 2.24) is 19.7 Å². The first kappa shape index (κ1) is 22.6. The van der Waals surface area contributed by atoms with Crippen molar-refractivity contribution in [2.45, 2.75) is 10.9 Å². The van der Waals surface area contributed by atoms with Crippen LogP contribution in [-0.4, -0.2) is 53.2 Å². The molecule has 0 bridgehead atoms. The Balaban J connectivity index is 1.33. The van der Waals surface area contributed by atoms with Crippen LogP contribution in [0.15, 0.2) is 59.1 Å². The molecule has 0 atom stereocenters. The summed E-state index contributed by atoms with van der Waals surface area (Å²) >= 11 is 3.06. The van der Waals surface area contributed by atoms with Crippen LogP contribution in [0, 0.1) is 5.82 Å². The van der Waals surface area contributed by atoms with Gasteiger partial charge in [0.05, 0.1) is 31.7 Å². The Morgan fingerprint density at radius 3 is 2.74 bits per heavy atom. The lowest BCUT2D eigenvalue weighted by atomic mass is 10.3. The van der Waals surface area contributed by atoms with E-state index in [1.165, 1.54) is 35.2 Å². The van der Waals surface area contributed by atoms with Gasteiger partial charge in [-0.3, -0.25) is 4.57 Å². The van der Waals surface area contributed by atoms with Crippen LogP contribution in [0.2, 0.25) is 0 Å². The van der Waals surface area contributed by atoms with Crippen molar-refractivity contribution < 1.29 is 13.9 Å². The summed E-state index contributed by atoms with van der Waals surface area (Å²) < 4.78 is 26.6. The fraction of sp³-hybridized carbons (Fsp3) is 0.261. The van der Waals surface area contributed by atoms with E-state index in [0.717, 1.165) is 22.3 Å². The lowest BCUT2D eigenvalue weighted by molar-refractivity contribution is 0.122. The molecule has 0 amide bonds. The molecule has 1 N–H and O–H groups in total. The summed E-state index contributed by atoms with van der Waals surface area (Å²) in [5.74, 6) is 1.80. The van der Waals surface area contributed by atoms with Crippen LogP contribution in [0.3, 0.4) is 0 Å². The van der Waals surface area contributed by atoms with Crippen LogP contribution in [0.5, 0.6) is 5.75 Å². The maximum atomic E-state index is 14.0. The number of nitrogens with one attached hydrogen (secondary N) is 1. The second kappa shape index (κ2) is 10.4. The number of aromatic nitrogens is 4. The Morgan fingerprint density at radius 2 is 1.97 bits per heavy atom. The molecular formula is C23H23FN6O2S2. The van der Waals surface area contributed by atoms with Crippen molar-refractivity contribution in [3.05, 3.63) is 65.4 Å². The van der Waals surface area contributed by atoms with Gasteiger partial charge in [0, 0.05) is 29.9 Å². The SMILES string of the molecule is COc1ccc(Nc2nc(CSc3nnc(N4CCOCC4)n3-c3cccc(F)c3)cs2)cc1. The van der Waals surface area contributed by atoms with Crippen molar-refractivity contribution in [1.29, 1.82) is 0 Å². The van der Waals surface area contributed by atoms with E-state index >= 15 is 0 Å². The van der Waals surface area contributed by atoms with Gasteiger partial charge < -0.3 is 19.7 Å². The van der Waals surface area contributed by atoms with Gasteiger partial charge in [0.1, 0.15) is 11.6 Å².